The van der Waals surface area contributed by atoms with Crippen molar-refractivity contribution in [3.63, 3.8) is 0 Å². The first-order valence-electron chi connectivity index (χ1n) is 8.75. The van der Waals surface area contributed by atoms with Crippen molar-refractivity contribution in [3.05, 3.63) is 18.2 Å². The van der Waals surface area contributed by atoms with Crippen molar-refractivity contribution in [2.24, 2.45) is 5.92 Å². The fourth-order valence-corrected chi connectivity index (χ4v) is 3.13. The molecule has 5 nitrogen and oxygen atoms in total. The number of imidazole rings is 1. The maximum Gasteiger partial charge on any atom is 0.410 e. The molecule has 0 aromatic carbocycles. The summed E-state index contributed by atoms with van der Waals surface area (Å²) in [6.07, 6.45) is 7.09. The highest BCUT2D eigenvalue weighted by Gasteiger charge is 2.27. The van der Waals surface area contributed by atoms with E-state index in [0.717, 1.165) is 38.3 Å². The van der Waals surface area contributed by atoms with Gasteiger partial charge in [0.1, 0.15) is 11.4 Å². The first kappa shape index (κ1) is 17.8. The first-order chi connectivity index (χ1) is 10.8. The number of likely N-dealkylation sites (tertiary alicyclic amines) is 1. The van der Waals surface area contributed by atoms with Crippen LogP contribution in [-0.4, -0.2) is 39.2 Å². The van der Waals surface area contributed by atoms with Crippen LogP contribution in [0.1, 0.15) is 65.6 Å². The standard InChI is InChI=1S/C18H31N3O2/c1-14(2)16-19-9-12-20(16)11-8-15-7-6-10-21(13-15)17(22)23-18(3,4)5/h9,12,14-15H,6-8,10-11,13H2,1-5H3/t15-/m0/s1. The van der Waals surface area contributed by atoms with Gasteiger partial charge in [0.15, 0.2) is 0 Å². The molecular weight excluding hydrogens is 290 g/mol. The minimum absolute atomic E-state index is 0.173. The number of nitrogens with zero attached hydrogens (tertiary/aromatic N) is 3. The first-order valence-corrected chi connectivity index (χ1v) is 8.75. The molecule has 0 bridgehead atoms. The molecule has 1 aromatic rings. The summed E-state index contributed by atoms with van der Waals surface area (Å²) >= 11 is 0. The van der Waals surface area contributed by atoms with Crippen LogP contribution in [0.5, 0.6) is 0 Å². The number of carbonyl (C=O) groups excluding carboxylic acids is 1. The second-order valence-corrected chi connectivity index (χ2v) is 7.86. The van der Waals surface area contributed by atoms with Crippen LogP contribution in [0.15, 0.2) is 12.4 Å². The average Bonchev–Trinajstić information content (AvgIpc) is 2.92. The predicted octanol–water partition coefficient (Wildman–Crippen LogP) is 4.04. The lowest BCUT2D eigenvalue weighted by atomic mass is 9.95. The van der Waals surface area contributed by atoms with Crippen LogP contribution in [0.3, 0.4) is 0 Å². The summed E-state index contributed by atoms with van der Waals surface area (Å²) in [6, 6.07) is 0. The lowest BCUT2D eigenvalue weighted by Crippen LogP contribution is -2.43. The third kappa shape index (κ3) is 5.26. The summed E-state index contributed by atoms with van der Waals surface area (Å²) in [7, 11) is 0. The Kier molecular flexibility index (Phi) is 5.71. The van der Waals surface area contributed by atoms with Crippen LogP contribution in [0.2, 0.25) is 0 Å². The van der Waals surface area contributed by atoms with E-state index in [1.54, 1.807) is 0 Å². The van der Waals surface area contributed by atoms with Crippen LogP contribution in [0.25, 0.3) is 0 Å². The van der Waals surface area contributed by atoms with Crippen LogP contribution in [0, 0.1) is 5.92 Å². The zero-order valence-electron chi connectivity index (χ0n) is 15.2. The Morgan fingerprint density at radius 3 is 2.83 bits per heavy atom. The van der Waals surface area contributed by atoms with Gasteiger partial charge in [-0.2, -0.15) is 0 Å². The number of hydrogen-bond acceptors (Lipinski definition) is 3. The molecule has 0 unspecified atom stereocenters. The normalized spacial score (nSPS) is 19.2. The molecule has 5 heteroatoms. The average molecular weight is 321 g/mol. The van der Waals surface area contributed by atoms with E-state index in [4.69, 9.17) is 4.74 Å². The Labute approximate surface area is 140 Å². The van der Waals surface area contributed by atoms with Gasteiger partial charge in [0.05, 0.1) is 0 Å². The molecule has 0 spiro atoms. The minimum Gasteiger partial charge on any atom is -0.444 e. The van der Waals surface area contributed by atoms with Gasteiger partial charge in [-0.25, -0.2) is 9.78 Å². The number of aryl methyl sites for hydroxylation is 1. The van der Waals surface area contributed by atoms with E-state index in [1.807, 2.05) is 31.9 Å². The van der Waals surface area contributed by atoms with Gasteiger partial charge in [0.25, 0.3) is 0 Å². The Balaban J connectivity index is 1.86. The topological polar surface area (TPSA) is 47.4 Å². The molecule has 0 saturated carbocycles. The second kappa shape index (κ2) is 7.37. The van der Waals surface area contributed by atoms with Gasteiger partial charge in [-0.1, -0.05) is 13.8 Å². The quantitative estimate of drug-likeness (QED) is 0.840. The molecule has 1 aliphatic heterocycles. The summed E-state index contributed by atoms with van der Waals surface area (Å²) in [6.45, 7) is 12.7. The van der Waals surface area contributed by atoms with E-state index in [-0.39, 0.29) is 6.09 Å². The van der Waals surface area contributed by atoms with E-state index in [2.05, 4.69) is 29.6 Å². The molecule has 1 fully saturated rings. The molecule has 0 N–H and O–H groups in total. The van der Waals surface area contributed by atoms with Crippen molar-refractivity contribution in [2.75, 3.05) is 13.1 Å². The summed E-state index contributed by atoms with van der Waals surface area (Å²) in [4.78, 5) is 18.5. The molecule has 23 heavy (non-hydrogen) atoms. The molecular formula is C18H31N3O2. The molecule has 1 saturated heterocycles. The van der Waals surface area contributed by atoms with Gasteiger partial charge in [0, 0.05) is 37.9 Å². The molecule has 0 radical (unpaired) electrons. The fraction of sp³-hybridized carbons (Fsp3) is 0.778. The van der Waals surface area contributed by atoms with Crippen molar-refractivity contribution in [1.29, 1.82) is 0 Å². The molecule has 1 aromatic heterocycles. The molecule has 1 aliphatic rings. The Morgan fingerprint density at radius 2 is 2.17 bits per heavy atom. The number of hydrogen-bond donors (Lipinski definition) is 0. The predicted molar refractivity (Wildman–Crippen MR) is 91.5 cm³/mol. The highest BCUT2D eigenvalue weighted by Crippen LogP contribution is 2.23. The Bertz CT molecular complexity index is 517. The van der Waals surface area contributed by atoms with Crippen LogP contribution < -0.4 is 0 Å². The van der Waals surface area contributed by atoms with Gasteiger partial charge in [-0.3, -0.25) is 0 Å². The second-order valence-electron chi connectivity index (χ2n) is 7.86. The minimum atomic E-state index is -0.424. The third-order valence-corrected chi connectivity index (χ3v) is 4.21. The SMILES string of the molecule is CC(C)c1nccn1CC[C@@H]1CCCN(C(=O)OC(C)(C)C)C1. The van der Waals surface area contributed by atoms with Crippen molar-refractivity contribution < 1.29 is 9.53 Å². The summed E-state index contributed by atoms with van der Waals surface area (Å²) < 4.78 is 7.75. The van der Waals surface area contributed by atoms with Crippen molar-refractivity contribution in [2.45, 2.75) is 71.9 Å². The molecule has 0 aliphatic carbocycles. The van der Waals surface area contributed by atoms with Gasteiger partial charge < -0.3 is 14.2 Å². The van der Waals surface area contributed by atoms with E-state index in [0.29, 0.717) is 11.8 Å². The zero-order chi connectivity index (χ0) is 17.0. The molecule has 130 valence electrons. The van der Waals surface area contributed by atoms with Gasteiger partial charge >= 0.3 is 6.09 Å². The van der Waals surface area contributed by atoms with Crippen LogP contribution in [-0.2, 0) is 11.3 Å². The maximum atomic E-state index is 12.2. The van der Waals surface area contributed by atoms with Crippen molar-refractivity contribution in [1.82, 2.24) is 14.5 Å². The van der Waals surface area contributed by atoms with Crippen LogP contribution in [0.4, 0.5) is 4.79 Å². The zero-order valence-corrected chi connectivity index (χ0v) is 15.2. The highest BCUT2D eigenvalue weighted by atomic mass is 16.6. The molecule has 2 rings (SSSR count). The van der Waals surface area contributed by atoms with E-state index >= 15 is 0 Å². The summed E-state index contributed by atoms with van der Waals surface area (Å²) in [5.41, 5.74) is -0.424. The number of amides is 1. The highest BCUT2D eigenvalue weighted by molar-refractivity contribution is 5.68. The fourth-order valence-electron chi connectivity index (χ4n) is 3.13. The van der Waals surface area contributed by atoms with E-state index in [1.165, 1.54) is 6.42 Å². The van der Waals surface area contributed by atoms with Crippen molar-refractivity contribution >= 4 is 6.09 Å². The summed E-state index contributed by atoms with van der Waals surface area (Å²) in [5.74, 6) is 2.12. The lowest BCUT2D eigenvalue weighted by molar-refractivity contribution is 0.0159. The van der Waals surface area contributed by atoms with E-state index in [9.17, 15) is 4.79 Å². The summed E-state index contributed by atoms with van der Waals surface area (Å²) in [5, 5.41) is 0. The number of rotatable bonds is 4. The van der Waals surface area contributed by atoms with Crippen molar-refractivity contribution in [3.8, 4) is 0 Å². The van der Waals surface area contributed by atoms with Gasteiger partial charge in [-0.15, -0.1) is 0 Å². The number of piperidine rings is 1. The molecule has 1 amide bonds. The number of carbonyl (C=O) groups is 1. The number of aromatic nitrogens is 2. The Hall–Kier alpha value is -1.52. The maximum absolute atomic E-state index is 12.2. The largest absolute Gasteiger partial charge is 0.444 e. The monoisotopic (exact) mass is 321 g/mol. The van der Waals surface area contributed by atoms with Gasteiger partial charge in [-0.05, 0) is 46.0 Å². The molecule has 1 atom stereocenters. The number of ether oxygens (including phenoxy) is 1. The lowest BCUT2D eigenvalue weighted by Gasteiger charge is -2.34. The van der Waals surface area contributed by atoms with E-state index < -0.39 is 5.60 Å². The molecule has 2 heterocycles. The van der Waals surface area contributed by atoms with Gasteiger partial charge in [0.2, 0.25) is 0 Å². The third-order valence-electron chi connectivity index (χ3n) is 4.21. The smallest absolute Gasteiger partial charge is 0.410 e. The Morgan fingerprint density at radius 1 is 1.43 bits per heavy atom. The van der Waals surface area contributed by atoms with Crippen LogP contribution >= 0.6 is 0 Å².